The zero-order chi connectivity index (χ0) is 21.2. The van der Waals surface area contributed by atoms with Crippen molar-refractivity contribution in [2.75, 3.05) is 25.5 Å². The summed E-state index contributed by atoms with van der Waals surface area (Å²) in [7, 11) is 0. The van der Waals surface area contributed by atoms with Gasteiger partial charge in [-0.25, -0.2) is 0 Å². The molecule has 1 unspecified atom stereocenters. The summed E-state index contributed by atoms with van der Waals surface area (Å²) in [6.07, 6.45) is 6.43. The Bertz CT molecular complexity index is 586. The van der Waals surface area contributed by atoms with Crippen molar-refractivity contribution in [1.82, 2.24) is 4.90 Å². The molecule has 0 N–H and O–H groups in total. The Hall–Kier alpha value is -1.21. The molecular weight excluding hydrogens is 390 g/mol. The number of hydrogen-bond acceptors (Lipinski definition) is 6. The van der Waals surface area contributed by atoms with E-state index in [0.29, 0.717) is 37.7 Å². The van der Waals surface area contributed by atoms with Crippen LogP contribution >= 0.6 is 11.8 Å². The molecule has 1 saturated heterocycles. The minimum atomic E-state index is -0.350. The highest BCUT2D eigenvalue weighted by atomic mass is 32.2. The highest BCUT2D eigenvalue weighted by Crippen LogP contribution is 2.32. The Morgan fingerprint density at radius 2 is 1.83 bits per heavy atom. The third kappa shape index (κ3) is 7.85. The summed E-state index contributed by atoms with van der Waals surface area (Å²) in [6.45, 7) is 5.53. The van der Waals surface area contributed by atoms with Gasteiger partial charge in [0.2, 0.25) is 11.8 Å². The van der Waals surface area contributed by atoms with Crippen molar-refractivity contribution in [2.45, 2.75) is 76.9 Å². The quantitative estimate of drug-likeness (QED) is 0.332. The standard InChI is InChI=1S/C22H35NO5S/c1-3-11-28-12-4-5-19(25)10-13-29-20-14-21(26)23(22(20)27)15-17-6-8-18(9-7-17)16(2)24/h17-18,20H,3-15H2,1-2H3. The zero-order valence-electron chi connectivity index (χ0n) is 17.8. The van der Waals surface area contributed by atoms with Crippen LogP contribution in [-0.2, 0) is 23.9 Å². The lowest BCUT2D eigenvalue weighted by Crippen LogP contribution is -2.37. The molecule has 29 heavy (non-hydrogen) atoms. The van der Waals surface area contributed by atoms with Crippen molar-refractivity contribution in [3.63, 3.8) is 0 Å². The average Bonchev–Trinajstić information content (AvgIpc) is 2.96. The molecule has 0 spiro atoms. The first-order valence-corrected chi connectivity index (χ1v) is 12.0. The van der Waals surface area contributed by atoms with Crippen LogP contribution in [0.1, 0.15) is 71.6 Å². The molecule has 1 aliphatic heterocycles. The normalized spacial score (nSPS) is 24.9. The fourth-order valence-corrected chi connectivity index (χ4v) is 5.20. The van der Waals surface area contributed by atoms with Gasteiger partial charge in [0.1, 0.15) is 11.6 Å². The van der Waals surface area contributed by atoms with Gasteiger partial charge in [0.25, 0.3) is 0 Å². The largest absolute Gasteiger partial charge is 0.381 e. The molecule has 7 heteroatoms. The fraction of sp³-hybridized carbons (Fsp3) is 0.818. The molecule has 2 fully saturated rings. The molecule has 0 aromatic carbocycles. The smallest absolute Gasteiger partial charge is 0.242 e. The Morgan fingerprint density at radius 3 is 2.48 bits per heavy atom. The van der Waals surface area contributed by atoms with E-state index in [2.05, 4.69) is 6.92 Å². The minimum absolute atomic E-state index is 0.0967. The first-order valence-electron chi connectivity index (χ1n) is 11.0. The maximum atomic E-state index is 12.6. The molecule has 0 aromatic heterocycles. The summed E-state index contributed by atoms with van der Waals surface area (Å²) in [4.78, 5) is 49.8. The number of rotatable bonds is 13. The topological polar surface area (TPSA) is 80.8 Å². The second-order valence-corrected chi connectivity index (χ2v) is 9.55. The van der Waals surface area contributed by atoms with Crippen molar-refractivity contribution in [2.24, 2.45) is 11.8 Å². The van der Waals surface area contributed by atoms with Crippen molar-refractivity contribution < 1.29 is 23.9 Å². The number of imide groups is 1. The van der Waals surface area contributed by atoms with Crippen molar-refractivity contribution in [3.8, 4) is 0 Å². The van der Waals surface area contributed by atoms with Crippen LogP contribution < -0.4 is 0 Å². The van der Waals surface area contributed by atoms with E-state index in [1.807, 2.05) is 0 Å². The minimum Gasteiger partial charge on any atom is -0.381 e. The summed E-state index contributed by atoms with van der Waals surface area (Å²) in [5, 5.41) is -0.350. The second kappa shape index (κ2) is 12.5. The molecule has 2 aliphatic rings. The molecule has 164 valence electrons. The van der Waals surface area contributed by atoms with Crippen molar-refractivity contribution in [3.05, 3.63) is 0 Å². The predicted octanol–water partition coefficient (Wildman–Crippen LogP) is 3.41. The van der Waals surface area contributed by atoms with Crippen LogP contribution in [0.3, 0.4) is 0 Å². The number of likely N-dealkylation sites (tertiary alicyclic amines) is 1. The third-order valence-corrected chi connectivity index (χ3v) is 7.07. The second-order valence-electron chi connectivity index (χ2n) is 8.24. The van der Waals surface area contributed by atoms with Crippen LogP contribution in [0.4, 0.5) is 0 Å². The number of amides is 2. The van der Waals surface area contributed by atoms with E-state index in [9.17, 15) is 19.2 Å². The van der Waals surface area contributed by atoms with Crippen LogP contribution in [0.15, 0.2) is 0 Å². The van der Waals surface area contributed by atoms with E-state index in [1.165, 1.54) is 16.7 Å². The van der Waals surface area contributed by atoms with Crippen LogP contribution in [0.2, 0.25) is 0 Å². The van der Waals surface area contributed by atoms with Crippen LogP contribution in [0, 0.1) is 11.8 Å². The molecule has 6 nitrogen and oxygen atoms in total. The van der Waals surface area contributed by atoms with Gasteiger partial charge >= 0.3 is 0 Å². The lowest BCUT2D eigenvalue weighted by Gasteiger charge is -2.29. The maximum Gasteiger partial charge on any atom is 0.242 e. The fourth-order valence-electron chi connectivity index (χ4n) is 4.04. The number of nitrogens with zero attached hydrogens (tertiary/aromatic N) is 1. The summed E-state index contributed by atoms with van der Waals surface area (Å²) in [5.41, 5.74) is 0. The first kappa shape index (κ1) is 24.1. The molecule has 1 atom stereocenters. The molecule has 0 aromatic rings. The van der Waals surface area contributed by atoms with Gasteiger partial charge in [0.15, 0.2) is 0 Å². The van der Waals surface area contributed by atoms with Gasteiger partial charge in [-0.1, -0.05) is 6.92 Å². The number of carbonyl (C=O) groups excluding carboxylic acids is 4. The number of ketones is 2. The van der Waals surface area contributed by atoms with Gasteiger partial charge in [0, 0.05) is 50.7 Å². The number of thioether (sulfide) groups is 1. The Labute approximate surface area is 178 Å². The van der Waals surface area contributed by atoms with Crippen LogP contribution in [-0.4, -0.2) is 59.0 Å². The SMILES string of the molecule is CCCOCCCC(=O)CCSC1CC(=O)N(CC2CCC(C(C)=O)CC2)C1=O. The van der Waals surface area contributed by atoms with E-state index >= 15 is 0 Å². The highest BCUT2D eigenvalue weighted by Gasteiger charge is 2.40. The molecule has 1 saturated carbocycles. The van der Waals surface area contributed by atoms with Gasteiger partial charge < -0.3 is 4.74 Å². The van der Waals surface area contributed by atoms with Crippen molar-refractivity contribution >= 4 is 35.1 Å². The predicted molar refractivity (Wildman–Crippen MR) is 114 cm³/mol. The van der Waals surface area contributed by atoms with Gasteiger partial charge in [-0.15, -0.1) is 11.8 Å². The zero-order valence-corrected chi connectivity index (χ0v) is 18.6. The summed E-state index contributed by atoms with van der Waals surface area (Å²) in [6, 6.07) is 0. The van der Waals surface area contributed by atoms with Gasteiger partial charge in [-0.3, -0.25) is 24.1 Å². The Balaban J connectivity index is 1.65. The van der Waals surface area contributed by atoms with E-state index in [1.54, 1.807) is 6.92 Å². The highest BCUT2D eigenvalue weighted by molar-refractivity contribution is 8.00. The van der Waals surface area contributed by atoms with E-state index in [4.69, 9.17) is 4.74 Å². The van der Waals surface area contributed by atoms with Crippen molar-refractivity contribution in [1.29, 1.82) is 0 Å². The summed E-state index contributed by atoms with van der Waals surface area (Å²) < 4.78 is 5.37. The Kier molecular flexibility index (Phi) is 10.4. The number of carbonyl (C=O) groups is 4. The number of hydrogen-bond donors (Lipinski definition) is 0. The molecule has 1 heterocycles. The molecule has 2 amide bonds. The molecule has 0 bridgehead atoms. The summed E-state index contributed by atoms with van der Waals surface area (Å²) >= 11 is 1.43. The first-order chi connectivity index (χ1) is 13.9. The lowest BCUT2D eigenvalue weighted by atomic mass is 9.80. The number of ether oxygens (including phenoxy) is 1. The molecule has 1 aliphatic carbocycles. The van der Waals surface area contributed by atoms with Gasteiger partial charge in [-0.05, 0) is 51.4 Å². The van der Waals surface area contributed by atoms with E-state index in [0.717, 1.165) is 45.1 Å². The maximum absolute atomic E-state index is 12.6. The van der Waals surface area contributed by atoms with Crippen LogP contribution in [0.25, 0.3) is 0 Å². The molecular formula is C22H35NO5S. The van der Waals surface area contributed by atoms with Crippen LogP contribution in [0.5, 0.6) is 0 Å². The molecule has 0 radical (unpaired) electrons. The van der Waals surface area contributed by atoms with E-state index in [-0.39, 0.29) is 41.0 Å². The summed E-state index contributed by atoms with van der Waals surface area (Å²) in [5.74, 6) is 1.27. The average molecular weight is 426 g/mol. The monoisotopic (exact) mass is 425 g/mol. The number of Topliss-reactive ketones (excluding diaryl/α,β-unsaturated/α-hetero) is 2. The Morgan fingerprint density at radius 1 is 1.10 bits per heavy atom. The molecule has 2 rings (SSSR count). The van der Waals surface area contributed by atoms with E-state index < -0.39 is 0 Å². The third-order valence-electron chi connectivity index (χ3n) is 5.86. The van der Waals surface area contributed by atoms with Gasteiger partial charge in [-0.2, -0.15) is 0 Å². The lowest BCUT2D eigenvalue weighted by molar-refractivity contribution is -0.139. The van der Waals surface area contributed by atoms with Gasteiger partial charge in [0.05, 0.1) is 5.25 Å².